The molecule has 0 saturated carbocycles. The summed E-state index contributed by atoms with van der Waals surface area (Å²) < 4.78 is 78.5. The number of nitrogens with zero attached hydrogens (tertiary/aromatic N) is 2. The van der Waals surface area contributed by atoms with Crippen LogP contribution < -0.4 is 5.32 Å². The predicted octanol–water partition coefficient (Wildman–Crippen LogP) is 3.18. The molecule has 1 amide bonds. The van der Waals surface area contributed by atoms with E-state index < -0.39 is 39.5 Å². The van der Waals surface area contributed by atoms with Crippen molar-refractivity contribution in [2.45, 2.75) is 24.0 Å². The Hall–Kier alpha value is -2.50. The average Bonchev–Trinajstić information content (AvgIpc) is 2.74. The molecule has 31 heavy (non-hydrogen) atoms. The second kappa shape index (κ2) is 8.93. The summed E-state index contributed by atoms with van der Waals surface area (Å²) in [5, 5.41) is 2.51. The van der Waals surface area contributed by atoms with Gasteiger partial charge >= 0.3 is 6.18 Å². The maximum Gasteiger partial charge on any atom is 0.416 e. The van der Waals surface area contributed by atoms with Crippen molar-refractivity contribution in [2.75, 3.05) is 31.5 Å². The zero-order chi connectivity index (χ0) is 22.8. The standard InChI is InChI=1S/C20H21F4N3O3S/c1-14(19(28)25-18-5-3-2-4-17(18)21)26-10-12-27(13-11-26)31(29,30)16-8-6-15(7-9-16)20(22,23)24/h2-9,14H,10-13H2,1H3,(H,25,28)/t14-/m1/s1. The van der Waals surface area contributed by atoms with Crippen molar-refractivity contribution in [2.24, 2.45) is 0 Å². The molecule has 1 saturated heterocycles. The third-order valence-electron chi connectivity index (χ3n) is 5.15. The van der Waals surface area contributed by atoms with Gasteiger partial charge in [-0.2, -0.15) is 17.5 Å². The van der Waals surface area contributed by atoms with E-state index in [1.807, 2.05) is 0 Å². The molecule has 0 radical (unpaired) electrons. The zero-order valence-electron chi connectivity index (χ0n) is 16.6. The predicted molar refractivity (Wildman–Crippen MR) is 106 cm³/mol. The second-order valence-electron chi connectivity index (χ2n) is 7.11. The summed E-state index contributed by atoms with van der Waals surface area (Å²) >= 11 is 0. The van der Waals surface area contributed by atoms with Gasteiger partial charge in [-0.3, -0.25) is 9.69 Å². The largest absolute Gasteiger partial charge is 0.416 e. The Labute approximate surface area is 177 Å². The first-order valence-corrected chi connectivity index (χ1v) is 10.9. The molecule has 3 rings (SSSR count). The number of halogens is 4. The van der Waals surface area contributed by atoms with Crippen molar-refractivity contribution in [3.05, 3.63) is 59.9 Å². The van der Waals surface area contributed by atoms with Gasteiger partial charge in [0.25, 0.3) is 0 Å². The third kappa shape index (κ3) is 5.23. The number of hydrogen-bond donors (Lipinski definition) is 1. The van der Waals surface area contributed by atoms with Gasteiger partial charge in [0.1, 0.15) is 5.82 Å². The van der Waals surface area contributed by atoms with Crippen LogP contribution in [0.1, 0.15) is 12.5 Å². The Bertz CT molecular complexity index is 1030. The molecule has 1 heterocycles. The van der Waals surface area contributed by atoms with E-state index in [-0.39, 0.29) is 36.8 Å². The van der Waals surface area contributed by atoms with E-state index in [1.165, 1.54) is 22.5 Å². The van der Waals surface area contributed by atoms with Gasteiger partial charge in [-0.05, 0) is 43.3 Å². The number of benzene rings is 2. The number of para-hydroxylation sites is 1. The molecule has 0 unspecified atom stereocenters. The minimum absolute atomic E-state index is 0.0582. The molecule has 1 atom stereocenters. The van der Waals surface area contributed by atoms with Gasteiger partial charge in [0, 0.05) is 26.2 Å². The van der Waals surface area contributed by atoms with Crippen LogP contribution in [0.4, 0.5) is 23.2 Å². The molecule has 1 N–H and O–H groups in total. The van der Waals surface area contributed by atoms with Crippen molar-refractivity contribution in [3.8, 4) is 0 Å². The van der Waals surface area contributed by atoms with Crippen molar-refractivity contribution in [1.29, 1.82) is 0 Å². The first kappa shape index (κ1) is 23.2. The van der Waals surface area contributed by atoms with E-state index in [2.05, 4.69) is 5.32 Å². The van der Waals surface area contributed by atoms with Crippen LogP contribution in [-0.2, 0) is 21.0 Å². The molecule has 0 spiro atoms. The minimum Gasteiger partial charge on any atom is -0.322 e. The smallest absolute Gasteiger partial charge is 0.322 e. The summed E-state index contributed by atoms with van der Waals surface area (Å²) in [5.74, 6) is -0.986. The summed E-state index contributed by atoms with van der Waals surface area (Å²) in [7, 11) is -3.96. The van der Waals surface area contributed by atoms with Gasteiger partial charge in [0.15, 0.2) is 0 Å². The summed E-state index contributed by atoms with van der Waals surface area (Å²) in [5.41, 5.74) is -0.867. The van der Waals surface area contributed by atoms with E-state index in [1.54, 1.807) is 17.9 Å². The summed E-state index contributed by atoms with van der Waals surface area (Å²) in [6.07, 6.45) is -4.55. The van der Waals surface area contributed by atoms with Gasteiger partial charge in [0.05, 0.1) is 22.2 Å². The highest BCUT2D eigenvalue weighted by Gasteiger charge is 2.34. The minimum atomic E-state index is -4.55. The third-order valence-corrected chi connectivity index (χ3v) is 7.06. The summed E-state index contributed by atoms with van der Waals surface area (Å²) in [6, 6.07) is 8.48. The number of alkyl halides is 3. The topological polar surface area (TPSA) is 69.7 Å². The molecule has 0 aromatic heterocycles. The Morgan fingerprint density at radius 3 is 2.13 bits per heavy atom. The monoisotopic (exact) mass is 459 g/mol. The maximum atomic E-state index is 13.7. The van der Waals surface area contributed by atoms with Crippen LogP contribution >= 0.6 is 0 Å². The van der Waals surface area contributed by atoms with E-state index in [0.29, 0.717) is 0 Å². The Morgan fingerprint density at radius 2 is 1.58 bits per heavy atom. The molecule has 0 aliphatic carbocycles. The van der Waals surface area contributed by atoms with E-state index in [9.17, 15) is 30.8 Å². The molecule has 0 bridgehead atoms. The number of nitrogens with one attached hydrogen (secondary N) is 1. The maximum absolute atomic E-state index is 13.7. The van der Waals surface area contributed by atoms with Crippen LogP contribution in [-0.4, -0.2) is 55.8 Å². The fourth-order valence-corrected chi connectivity index (χ4v) is 4.68. The van der Waals surface area contributed by atoms with E-state index in [4.69, 9.17) is 0 Å². The molecule has 168 valence electrons. The van der Waals surface area contributed by atoms with Crippen LogP contribution in [0.15, 0.2) is 53.4 Å². The van der Waals surface area contributed by atoms with Crippen molar-refractivity contribution >= 4 is 21.6 Å². The zero-order valence-corrected chi connectivity index (χ0v) is 17.4. The molecule has 11 heteroatoms. The van der Waals surface area contributed by atoms with Gasteiger partial charge in [-0.15, -0.1) is 0 Å². The lowest BCUT2D eigenvalue weighted by atomic mass is 10.2. The van der Waals surface area contributed by atoms with E-state index in [0.717, 1.165) is 24.3 Å². The van der Waals surface area contributed by atoms with Gasteiger partial charge < -0.3 is 5.32 Å². The van der Waals surface area contributed by atoms with Crippen LogP contribution in [0.25, 0.3) is 0 Å². The molecule has 2 aromatic carbocycles. The van der Waals surface area contributed by atoms with E-state index >= 15 is 0 Å². The first-order chi connectivity index (χ1) is 14.5. The average molecular weight is 459 g/mol. The van der Waals surface area contributed by atoms with Gasteiger partial charge in [-0.25, -0.2) is 12.8 Å². The van der Waals surface area contributed by atoms with Crippen LogP contribution in [0.2, 0.25) is 0 Å². The number of piperazine rings is 1. The summed E-state index contributed by atoms with van der Waals surface area (Å²) in [6.45, 7) is 2.26. The molecule has 1 aliphatic heterocycles. The fourth-order valence-electron chi connectivity index (χ4n) is 3.26. The van der Waals surface area contributed by atoms with Crippen molar-refractivity contribution in [1.82, 2.24) is 9.21 Å². The fraction of sp³-hybridized carbons (Fsp3) is 0.350. The second-order valence-corrected chi connectivity index (χ2v) is 9.05. The van der Waals surface area contributed by atoms with Crippen molar-refractivity contribution in [3.63, 3.8) is 0 Å². The van der Waals surface area contributed by atoms with Crippen LogP contribution in [0.3, 0.4) is 0 Å². The van der Waals surface area contributed by atoms with Crippen molar-refractivity contribution < 1.29 is 30.8 Å². The number of hydrogen-bond acceptors (Lipinski definition) is 4. The lowest BCUT2D eigenvalue weighted by Crippen LogP contribution is -2.53. The first-order valence-electron chi connectivity index (χ1n) is 9.47. The highest BCUT2D eigenvalue weighted by molar-refractivity contribution is 7.89. The quantitative estimate of drug-likeness (QED) is 0.698. The SMILES string of the molecule is C[C@H](C(=O)Nc1ccccc1F)N1CCN(S(=O)(=O)c2ccc(C(F)(F)F)cc2)CC1. The molecular weight excluding hydrogens is 438 g/mol. The number of amides is 1. The van der Waals surface area contributed by atoms with Gasteiger partial charge in [-0.1, -0.05) is 12.1 Å². The molecular formula is C20H21F4N3O3S. The number of carbonyl (C=O) groups excluding carboxylic acids is 1. The number of rotatable bonds is 5. The molecule has 2 aromatic rings. The highest BCUT2D eigenvalue weighted by Crippen LogP contribution is 2.30. The Balaban J connectivity index is 1.61. The Morgan fingerprint density at radius 1 is 1.00 bits per heavy atom. The lowest BCUT2D eigenvalue weighted by Gasteiger charge is -2.36. The van der Waals surface area contributed by atoms with Gasteiger partial charge in [0.2, 0.25) is 15.9 Å². The molecule has 1 aliphatic rings. The Kier molecular flexibility index (Phi) is 6.68. The number of sulfonamides is 1. The normalized spacial score (nSPS) is 17.3. The lowest BCUT2D eigenvalue weighted by molar-refractivity contribution is -0.137. The summed E-state index contributed by atoms with van der Waals surface area (Å²) in [4.78, 5) is 14.0. The highest BCUT2D eigenvalue weighted by atomic mass is 32.2. The van der Waals surface area contributed by atoms with Crippen LogP contribution in [0.5, 0.6) is 0 Å². The molecule has 1 fully saturated rings. The number of carbonyl (C=O) groups is 1. The molecule has 6 nitrogen and oxygen atoms in total. The number of anilines is 1. The van der Waals surface area contributed by atoms with Crippen LogP contribution in [0, 0.1) is 5.82 Å².